The second kappa shape index (κ2) is 2.15. The van der Waals surface area contributed by atoms with Gasteiger partial charge in [-0.15, -0.1) is 0 Å². The third kappa shape index (κ3) is 0.977. The number of nitrogen functional groups attached to an aromatic ring is 2. The predicted molar refractivity (Wildman–Crippen MR) is 41.1 cm³/mol. The van der Waals surface area contributed by atoms with Gasteiger partial charge in [-0.05, 0) is 0 Å². The maximum Gasteiger partial charge on any atom is 0.329 e. The molecule has 0 aromatic carbocycles. The highest BCUT2D eigenvalue weighted by Crippen LogP contribution is 1.97. The molecule has 5 N–H and O–H groups in total. The lowest BCUT2D eigenvalue weighted by Gasteiger charge is -1.99. The molecule has 0 amide bonds. The summed E-state index contributed by atoms with van der Waals surface area (Å²) in [6.07, 6.45) is 0. The summed E-state index contributed by atoms with van der Waals surface area (Å²) >= 11 is 0. The van der Waals surface area contributed by atoms with E-state index in [1.807, 2.05) is 4.98 Å². The summed E-state index contributed by atoms with van der Waals surface area (Å²) < 4.78 is 20.7. The van der Waals surface area contributed by atoms with Crippen LogP contribution in [0.4, 0.5) is 11.5 Å². The number of hydrogen-bond acceptors (Lipinski definition) is 4. The summed E-state index contributed by atoms with van der Waals surface area (Å²) in [5, 5.41) is 0. The number of aromatic nitrogens is 2. The average molecular weight is 159 g/mol. The van der Waals surface area contributed by atoms with Crippen molar-refractivity contribution < 1.29 is 4.11 Å². The molecule has 0 atom stereocenters. The van der Waals surface area contributed by atoms with Gasteiger partial charge < -0.3 is 11.5 Å². The maximum absolute atomic E-state index is 11.2. The molecule has 0 bridgehead atoms. The van der Waals surface area contributed by atoms with Crippen molar-refractivity contribution in [1.82, 2.24) is 9.55 Å². The molecular weight excluding hydrogens is 148 g/mol. The number of H-pyrrole nitrogens is 1. The molecular formula is C5H8N4O2. The average Bonchev–Trinajstić information content (AvgIpc) is 1.97. The molecule has 1 heterocycles. The lowest BCUT2D eigenvalue weighted by molar-refractivity contribution is 0.783. The molecule has 6 heteroatoms. The minimum atomic E-state index is -2.87. The maximum atomic E-state index is 11.2. The fourth-order valence-electron chi connectivity index (χ4n) is 0.566. The standard InChI is InChI=1S/C5H8N4O2/c1-9-4(10)2(6)3(7)8-5(9)11/h6-7H2,1H3,(H,8,11)/i1D3. The van der Waals surface area contributed by atoms with E-state index in [9.17, 15) is 9.59 Å². The Morgan fingerprint density at radius 3 is 2.73 bits per heavy atom. The minimum absolute atomic E-state index is 0.0404. The lowest BCUT2D eigenvalue weighted by Crippen LogP contribution is -2.35. The first-order valence-electron chi connectivity index (χ1n) is 4.16. The highest BCUT2D eigenvalue weighted by Gasteiger charge is 2.03. The Kier molecular flexibility index (Phi) is 0.825. The van der Waals surface area contributed by atoms with Crippen molar-refractivity contribution in [2.75, 3.05) is 11.5 Å². The Bertz CT molecular complexity index is 471. The summed E-state index contributed by atoms with van der Waals surface area (Å²) in [6, 6.07) is 0. The van der Waals surface area contributed by atoms with Crippen molar-refractivity contribution >= 4 is 11.5 Å². The summed E-state index contributed by atoms with van der Waals surface area (Å²) in [7, 11) is 0. The van der Waals surface area contributed by atoms with E-state index >= 15 is 0 Å². The van der Waals surface area contributed by atoms with Crippen LogP contribution < -0.4 is 22.7 Å². The number of nitrogens with zero attached hydrogens (tertiary/aromatic N) is 1. The van der Waals surface area contributed by atoms with Gasteiger partial charge in [0.2, 0.25) is 0 Å². The quantitative estimate of drug-likeness (QED) is 0.416. The second-order valence-corrected chi connectivity index (χ2v) is 1.90. The smallest absolute Gasteiger partial charge is 0.329 e. The van der Waals surface area contributed by atoms with Crippen LogP contribution in [-0.2, 0) is 6.98 Å². The van der Waals surface area contributed by atoms with Crippen LogP contribution in [0.1, 0.15) is 4.11 Å². The molecule has 0 aliphatic carbocycles. The van der Waals surface area contributed by atoms with Crippen molar-refractivity contribution in [3.8, 4) is 0 Å². The van der Waals surface area contributed by atoms with Gasteiger partial charge >= 0.3 is 5.69 Å². The molecule has 1 rings (SSSR count). The van der Waals surface area contributed by atoms with Crippen molar-refractivity contribution in [3.63, 3.8) is 0 Å². The topological polar surface area (TPSA) is 107 Å². The van der Waals surface area contributed by atoms with Crippen LogP contribution in [0.15, 0.2) is 9.59 Å². The monoisotopic (exact) mass is 159 g/mol. The molecule has 11 heavy (non-hydrogen) atoms. The van der Waals surface area contributed by atoms with Gasteiger partial charge in [-0.2, -0.15) is 0 Å². The van der Waals surface area contributed by atoms with Crippen LogP contribution in [0.5, 0.6) is 0 Å². The Labute approximate surface area is 65.7 Å². The summed E-state index contributed by atoms with van der Waals surface area (Å²) in [4.78, 5) is 24.3. The van der Waals surface area contributed by atoms with Gasteiger partial charge in [0.05, 0.1) is 0 Å². The van der Waals surface area contributed by atoms with E-state index in [1.165, 1.54) is 0 Å². The highest BCUT2D eigenvalue weighted by molar-refractivity contribution is 5.55. The van der Waals surface area contributed by atoms with E-state index in [0.717, 1.165) is 0 Å². The third-order valence-electron chi connectivity index (χ3n) is 1.17. The highest BCUT2D eigenvalue weighted by atomic mass is 16.2. The van der Waals surface area contributed by atoms with Gasteiger partial charge in [0.1, 0.15) is 11.5 Å². The molecule has 60 valence electrons. The number of nitrogens with one attached hydrogen (secondary N) is 1. The SMILES string of the molecule is [2H]C([2H])([2H])n1c(=O)[nH]c(N)c(N)c1=O. The zero-order chi connectivity index (χ0) is 11.1. The number of nitrogens with two attached hydrogens (primary N) is 2. The van der Waals surface area contributed by atoms with Crippen LogP contribution in [0.3, 0.4) is 0 Å². The first kappa shape index (κ1) is 4.22. The zero-order valence-electron chi connectivity index (χ0n) is 8.42. The predicted octanol–water partition coefficient (Wildman–Crippen LogP) is -1.76. The van der Waals surface area contributed by atoms with Gasteiger partial charge in [-0.3, -0.25) is 14.3 Å². The van der Waals surface area contributed by atoms with Gasteiger partial charge in [-0.1, -0.05) is 0 Å². The van der Waals surface area contributed by atoms with Crippen LogP contribution in [0.25, 0.3) is 0 Å². The van der Waals surface area contributed by atoms with Crippen molar-refractivity contribution in [2.45, 2.75) is 0 Å². The Balaban J connectivity index is 3.71. The summed E-state index contributed by atoms with van der Waals surface area (Å²) in [5.74, 6) is -0.333. The Morgan fingerprint density at radius 2 is 2.18 bits per heavy atom. The Morgan fingerprint density at radius 1 is 1.55 bits per heavy atom. The fraction of sp³-hybridized carbons (Fsp3) is 0.200. The minimum Gasteiger partial charge on any atom is -0.391 e. The summed E-state index contributed by atoms with van der Waals surface area (Å²) in [5.41, 5.74) is 7.61. The molecule has 0 spiro atoms. The molecule has 6 nitrogen and oxygen atoms in total. The molecule has 1 aromatic rings. The normalized spacial score (nSPS) is 15.1. The first-order valence-corrected chi connectivity index (χ1v) is 2.66. The number of anilines is 2. The first-order chi connectivity index (χ1) is 6.25. The molecule has 0 fully saturated rings. The number of aromatic amines is 1. The van der Waals surface area contributed by atoms with E-state index in [-0.39, 0.29) is 10.4 Å². The molecule has 0 aliphatic rings. The van der Waals surface area contributed by atoms with E-state index in [1.54, 1.807) is 0 Å². The Hall–Kier alpha value is -1.72. The van der Waals surface area contributed by atoms with Crippen LogP contribution in [0.2, 0.25) is 0 Å². The van der Waals surface area contributed by atoms with E-state index in [2.05, 4.69) is 0 Å². The second-order valence-electron chi connectivity index (χ2n) is 1.90. The van der Waals surface area contributed by atoms with Crippen LogP contribution in [-0.4, -0.2) is 9.55 Å². The molecule has 0 aliphatic heterocycles. The van der Waals surface area contributed by atoms with E-state index in [0.29, 0.717) is 0 Å². The fourth-order valence-corrected chi connectivity index (χ4v) is 0.566. The largest absolute Gasteiger partial charge is 0.391 e. The van der Waals surface area contributed by atoms with Crippen LogP contribution in [0, 0.1) is 0 Å². The number of hydrogen-bond donors (Lipinski definition) is 3. The molecule has 0 saturated heterocycles. The van der Waals surface area contributed by atoms with Crippen molar-refractivity contribution in [1.29, 1.82) is 0 Å². The molecule has 1 aromatic heterocycles. The molecule has 0 unspecified atom stereocenters. The summed E-state index contributed by atoms with van der Waals surface area (Å²) in [6.45, 7) is -2.87. The molecule has 0 radical (unpaired) electrons. The lowest BCUT2D eigenvalue weighted by atomic mass is 10.5. The van der Waals surface area contributed by atoms with Gasteiger partial charge in [0.25, 0.3) is 5.56 Å². The van der Waals surface area contributed by atoms with Gasteiger partial charge in [-0.25, -0.2) is 4.79 Å². The zero-order valence-corrected chi connectivity index (χ0v) is 5.42. The molecule has 0 saturated carbocycles. The van der Waals surface area contributed by atoms with Crippen molar-refractivity contribution in [3.05, 3.63) is 20.8 Å². The number of rotatable bonds is 0. The van der Waals surface area contributed by atoms with Crippen LogP contribution >= 0.6 is 0 Å². The third-order valence-corrected chi connectivity index (χ3v) is 1.17. The van der Waals surface area contributed by atoms with E-state index in [4.69, 9.17) is 15.6 Å². The van der Waals surface area contributed by atoms with Gasteiger partial charge in [0, 0.05) is 11.1 Å². The van der Waals surface area contributed by atoms with Crippen molar-refractivity contribution in [2.24, 2.45) is 6.98 Å². The van der Waals surface area contributed by atoms with Gasteiger partial charge in [0.15, 0.2) is 0 Å². The van der Waals surface area contributed by atoms with E-state index < -0.39 is 23.9 Å².